The number of hydrogen-bond acceptors (Lipinski definition) is 5. The van der Waals surface area contributed by atoms with E-state index in [2.05, 4.69) is 10.3 Å². The fourth-order valence-electron chi connectivity index (χ4n) is 2.72. The van der Waals surface area contributed by atoms with Crippen LogP contribution in [0.25, 0.3) is 4.96 Å². The Morgan fingerprint density at radius 3 is 2.81 bits per heavy atom. The van der Waals surface area contributed by atoms with Gasteiger partial charge in [0.05, 0.1) is 17.9 Å². The first-order valence-corrected chi connectivity index (χ1v) is 9.59. The van der Waals surface area contributed by atoms with Gasteiger partial charge in [-0.15, -0.1) is 11.3 Å². The average Bonchev–Trinajstić information content (AvgIpc) is 3.04. The summed E-state index contributed by atoms with van der Waals surface area (Å²) >= 11 is 7.59. The Bertz CT molecular complexity index is 1160. The van der Waals surface area contributed by atoms with E-state index in [0.717, 1.165) is 17.1 Å². The quantitative estimate of drug-likeness (QED) is 0.507. The molecule has 0 fully saturated rings. The summed E-state index contributed by atoms with van der Waals surface area (Å²) in [6.45, 7) is 2.28. The van der Waals surface area contributed by atoms with Gasteiger partial charge in [-0.3, -0.25) is 9.20 Å². The van der Waals surface area contributed by atoms with Crippen molar-refractivity contribution in [1.29, 1.82) is 0 Å². The highest BCUT2D eigenvalue weighted by Gasteiger charge is 2.09. The second kappa shape index (κ2) is 7.42. The Balaban J connectivity index is 1.59. The molecule has 136 valence electrons. The van der Waals surface area contributed by atoms with Gasteiger partial charge >= 0.3 is 0 Å². The van der Waals surface area contributed by atoms with Crippen molar-refractivity contribution in [3.05, 3.63) is 86.7 Å². The molecule has 27 heavy (non-hydrogen) atoms. The van der Waals surface area contributed by atoms with Gasteiger partial charge in [-0.2, -0.15) is 0 Å². The van der Waals surface area contributed by atoms with Crippen molar-refractivity contribution in [3.63, 3.8) is 0 Å². The molecule has 2 heterocycles. The highest BCUT2D eigenvalue weighted by molar-refractivity contribution is 7.15. The van der Waals surface area contributed by atoms with Crippen LogP contribution in [0.15, 0.2) is 64.8 Å². The van der Waals surface area contributed by atoms with Crippen LogP contribution in [0.5, 0.6) is 11.5 Å². The average molecular weight is 398 g/mol. The molecule has 1 N–H and O–H groups in total. The number of anilines is 1. The molecule has 0 aliphatic rings. The lowest BCUT2D eigenvalue weighted by atomic mass is 10.2. The highest BCUT2D eigenvalue weighted by Crippen LogP contribution is 2.32. The molecule has 0 saturated heterocycles. The third-order valence-corrected chi connectivity index (χ3v) is 5.18. The lowest BCUT2D eigenvalue weighted by Crippen LogP contribution is -2.16. The predicted molar refractivity (Wildman–Crippen MR) is 109 cm³/mol. The zero-order valence-electron chi connectivity index (χ0n) is 14.5. The number of para-hydroxylation sites is 1. The monoisotopic (exact) mass is 397 g/mol. The minimum absolute atomic E-state index is 0.0811. The maximum Gasteiger partial charge on any atom is 0.259 e. The van der Waals surface area contributed by atoms with Gasteiger partial charge in [-0.25, -0.2) is 4.98 Å². The zero-order valence-corrected chi connectivity index (χ0v) is 16.1. The number of benzene rings is 2. The molecule has 0 aliphatic heterocycles. The lowest BCUT2D eigenvalue weighted by Gasteiger charge is -2.13. The number of aryl methyl sites for hydroxylation is 1. The number of halogens is 1. The second-order valence-corrected chi connectivity index (χ2v) is 7.26. The van der Waals surface area contributed by atoms with Crippen molar-refractivity contribution >= 4 is 33.6 Å². The van der Waals surface area contributed by atoms with E-state index in [1.165, 1.54) is 11.3 Å². The van der Waals surface area contributed by atoms with Crippen LogP contribution in [0.4, 0.5) is 5.69 Å². The predicted octanol–water partition coefficient (Wildman–Crippen LogP) is 5.12. The number of fused-ring (bicyclic) bond motifs is 1. The normalized spacial score (nSPS) is 10.9. The van der Waals surface area contributed by atoms with Crippen LogP contribution >= 0.6 is 22.9 Å². The van der Waals surface area contributed by atoms with Crippen LogP contribution < -0.4 is 15.6 Å². The molecule has 4 aromatic rings. The SMILES string of the molecule is Cc1csc2nc(CNc3cc(Cl)ccc3Oc3ccccc3)cc(=O)n12. The standard InChI is InChI=1S/C20H16ClN3O2S/c1-13-12-27-20-23-15(10-19(25)24(13)20)11-22-17-9-14(21)7-8-18(17)26-16-5-3-2-4-6-16/h2-10,12,22H,11H2,1H3. The van der Waals surface area contributed by atoms with Crippen molar-refractivity contribution in [2.45, 2.75) is 13.5 Å². The molecule has 0 aliphatic carbocycles. The molecular formula is C20H16ClN3O2S. The molecular weight excluding hydrogens is 382 g/mol. The summed E-state index contributed by atoms with van der Waals surface area (Å²) in [5, 5.41) is 5.79. The van der Waals surface area contributed by atoms with E-state index in [1.807, 2.05) is 48.7 Å². The second-order valence-electron chi connectivity index (χ2n) is 5.99. The lowest BCUT2D eigenvalue weighted by molar-refractivity contribution is 0.484. The summed E-state index contributed by atoms with van der Waals surface area (Å²) in [6.07, 6.45) is 0. The van der Waals surface area contributed by atoms with E-state index >= 15 is 0 Å². The summed E-state index contributed by atoms with van der Waals surface area (Å²) < 4.78 is 7.55. The Hall–Kier alpha value is -2.83. The third kappa shape index (κ3) is 3.82. The van der Waals surface area contributed by atoms with Crippen LogP contribution in [-0.4, -0.2) is 9.38 Å². The number of thiazole rings is 1. The van der Waals surface area contributed by atoms with Gasteiger partial charge in [-0.05, 0) is 37.3 Å². The molecule has 4 rings (SSSR count). The maximum absolute atomic E-state index is 12.3. The Morgan fingerprint density at radius 2 is 2.00 bits per heavy atom. The third-order valence-electron chi connectivity index (χ3n) is 4.00. The highest BCUT2D eigenvalue weighted by atomic mass is 35.5. The van der Waals surface area contributed by atoms with Crippen molar-refractivity contribution < 1.29 is 4.74 Å². The number of aromatic nitrogens is 2. The van der Waals surface area contributed by atoms with Crippen LogP contribution in [0.3, 0.4) is 0 Å². The maximum atomic E-state index is 12.3. The smallest absolute Gasteiger partial charge is 0.259 e. The van der Waals surface area contributed by atoms with Gasteiger partial charge in [0, 0.05) is 22.2 Å². The number of ether oxygens (including phenoxy) is 1. The van der Waals surface area contributed by atoms with Gasteiger partial charge in [-0.1, -0.05) is 29.8 Å². The first-order chi connectivity index (χ1) is 13.1. The van der Waals surface area contributed by atoms with Crippen molar-refractivity contribution in [3.8, 4) is 11.5 Å². The van der Waals surface area contributed by atoms with Crippen LogP contribution in [0.1, 0.15) is 11.4 Å². The van der Waals surface area contributed by atoms with Gasteiger partial charge in [0.25, 0.3) is 5.56 Å². The van der Waals surface area contributed by atoms with Gasteiger partial charge in [0.2, 0.25) is 0 Å². The van der Waals surface area contributed by atoms with E-state index in [4.69, 9.17) is 16.3 Å². The van der Waals surface area contributed by atoms with E-state index < -0.39 is 0 Å². The van der Waals surface area contributed by atoms with E-state index in [9.17, 15) is 4.79 Å². The summed E-state index contributed by atoms with van der Waals surface area (Å²) in [7, 11) is 0. The molecule has 0 unspecified atom stereocenters. The molecule has 5 nitrogen and oxygen atoms in total. The number of rotatable bonds is 5. The number of hydrogen-bond donors (Lipinski definition) is 1. The van der Waals surface area contributed by atoms with E-state index in [1.54, 1.807) is 22.6 Å². The van der Waals surface area contributed by atoms with E-state index in [-0.39, 0.29) is 5.56 Å². The summed E-state index contributed by atoms with van der Waals surface area (Å²) in [5.41, 5.74) is 2.20. The Labute approximate surface area is 164 Å². The summed E-state index contributed by atoms with van der Waals surface area (Å²) in [5.74, 6) is 1.38. The Morgan fingerprint density at radius 1 is 1.19 bits per heavy atom. The first kappa shape index (κ1) is 17.6. The molecule has 0 spiro atoms. The first-order valence-electron chi connectivity index (χ1n) is 8.33. The van der Waals surface area contributed by atoms with Crippen LogP contribution in [0.2, 0.25) is 5.02 Å². The van der Waals surface area contributed by atoms with Gasteiger partial charge in [0.15, 0.2) is 10.7 Å². The molecule has 0 saturated carbocycles. The Kier molecular flexibility index (Phi) is 4.83. The molecule has 7 heteroatoms. The number of nitrogens with one attached hydrogen (secondary N) is 1. The minimum atomic E-state index is -0.0811. The van der Waals surface area contributed by atoms with Crippen molar-refractivity contribution in [2.75, 3.05) is 5.32 Å². The summed E-state index contributed by atoms with van der Waals surface area (Å²) in [4.78, 5) is 17.5. The van der Waals surface area contributed by atoms with Gasteiger partial charge < -0.3 is 10.1 Å². The topological polar surface area (TPSA) is 55.6 Å². The molecule has 2 aromatic carbocycles. The zero-order chi connectivity index (χ0) is 18.8. The molecule has 0 bridgehead atoms. The minimum Gasteiger partial charge on any atom is -0.455 e. The van der Waals surface area contributed by atoms with Crippen LogP contribution in [0, 0.1) is 6.92 Å². The van der Waals surface area contributed by atoms with E-state index in [0.29, 0.717) is 28.0 Å². The summed E-state index contributed by atoms with van der Waals surface area (Å²) in [6, 6.07) is 16.4. The fourth-order valence-corrected chi connectivity index (χ4v) is 3.78. The fraction of sp³-hybridized carbons (Fsp3) is 0.100. The molecule has 0 amide bonds. The van der Waals surface area contributed by atoms with Gasteiger partial charge in [0.1, 0.15) is 5.75 Å². The van der Waals surface area contributed by atoms with Crippen LogP contribution in [-0.2, 0) is 6.54 Å². The largest absolute Gasteiger partial charge is 0.455 e. The molecule has 0 atom stereocenters. The molecule has 2 aromatic heterocycles. The molecule has 0 radical (unpaired) electrons. The number of nitrogens with zero attached hydrogens (tertiary/aromatic N) is 2. The van der Waals surface area contributed by atoms with Crippen molar-refractivity contribution in [1.82, 2.24) is 9.38 Å². The van der Waals surface area contributed by atoms with Crippen molar-refractivity contribution in [2.24, 2.45) is 0 Å².